The lowest BCUT2D eigenvalue weighted by molar-refractivity contribution is 0.0897. The maximum absolute atomic E-state index is 13.6. The van der Waals surface area contributed by atoms with Crippen molar-refractivity contribution in [3.8, 4) is 5.75 Å². The van der Waals surface area contributed by atoms with Crippen molar-refractivity contribution in [3.05, 3.63) is 95.6 Å². The highest BCUT2D eigenvalue weighted by Crippen LogP contribution is 2.36. The summed E-state index contributed by atoms with van der Waals surface area (Å²) in [5, 5.41) is 0. The first-order valence-corrected chi connectivity index (χ1v) is 10.7. The molecule has 32 heavy (non-hydrogen) atoms. The van der Waals surface area contributed by atoms with Crippen LogP contribution in [0.2, 0.25) is 0 Å². The number of amides is 2. The predicted octanol–water partition coefficient (Wildman–Crippen LogP) is 5.25. The van der Waals surface area contributed by atoms with E-state index in [-0.39, 0.29) is 23.3 Å². The Hall–Kier alpha value is -3.44. The molecule has 1 heterocycles. The van der Waals surface area contributed by atoms with Gasteiger partial charge < -0.3 is 9.47 Å². The quantitative estimate of drug-likeness (QED) is 0.397. The number of imide groups is 1. The maximum atomic E-state index is 13.6. The molecule has 1 unspecified atom stereocenters. The molecule has 1 fully saturated rings. The van der Waals surface area contributed by atoms with Crippen LogP contribution in [0.3, 0.4) is 0 Å². The Kier molecular flexibility index (Phi) is 6.10. The smallest absolute Gasteiger partial charge is 0.265 e. The fourth-order valence-electron chi connectivity index (χ4n) is 3.48. The third-order valence-corrected chi connectivity index (χ3v) is 5.30. The van der Waals surface area contributed by atoms with Gasteiger partial charge in [-0.25, -0.2) is 4.90 Å². The molecule has 0 spiro atoms. The van der Waals surface area contributed by atoms with Gasteiger partial charge in [0, 0.05) is 11.1 Å². The molecule has 0 radical (unpaired) electrons. The number of nitrogens with zero attached hydrogens (tertiary/aromatic N) is 1. The van der Waals surface area contributed by atoms with Crippen LogP contribution in [-0.2, 0) is 10.2 Å². The van der Waals surface area contributed by atoms with E-state index in [1.165, 1.54) is 4.90 Å². The molecule has 5 heteroatoms. The van der Waals surface area contributed by atoms with Crippen molar-refractivity contribution in [1.82, 2.24) is 0 Å². The second kappa shape index (κ2) is 8.97. The van der Waals surface area contributed by atoms with Gasteiger partial charge in [0.25, 0.3) is 11.8 Å². The molecule has 3 aromatic rings. The van der Waals surface area contributed by atoms with Gasteiger partial charge in [-0.05, 0) is 53.4 Å². The number of carbonyl (C=O) groups is 2. The van der Waals surface area contributed by atoms with Gasteiger partial charge in [0.1, 0.15) is 18.5 Å². The van der Waals surface area contributed by atoms with Crippen molar-refractivity contribution in [1.29, 1.82) is 0 Å². The van der Waals surface area contributed by atoms with E-state index < -0.39 is 0 Å². The van der Waals surface area contributed by atoms with Crippen LogP contribution >= 0.6 is 0 Å². The normalized spacial score (nSPS) is 15.2. The molecule has 4 rings (SSSR count). The highest BCUT2D eigenvalue weighted by Gasteiger charge is 2.31. The largest absolute Gasteiger partial charge is 0.491 e. The first-order valence-electron chi connectivity index (χ1n) is 10.7. The molecule has 0 bridgehead atoms. The summed E-state index contributed by atoms with van der Waals surface area (Å²) in [4.78, 5) is 28.5. The minimum absolute atomic E-state index is 0.142. The van der Waals surface area contributed by atoms with E-state index in [1.54, 1.807) is 60.7 Å². The molecule has 2 amide bonds. The fraction of sp³-hybridized carbons (Fsp3) is 0.259. The molecule has 1 aliphatic rings. The van der Waals surface area contributed by atoms with E-state index in [4.69, 9.17) is 9.47 Å². The monoisotopic (exact) mass is 429 g/mol. The summed E-state index contributed by atoms with van der Waals surface area (Å²) < 4.78 is 11.1. The summed E-state index contributed by atoms with van der Waals surface area (Å²) in [7, 11) is 0. The summed E-state index contributed by atoms with van der Waals surface area (Å²) in [6, 6.07) is 23.2. The summed E-state index contributed by atoms with van der Waals surface area (Å²) in [5.41, 5.74) is 1.96. The van der Waals surface area contributed by atoms with E-state index in [0.717, 1.165) is 12.2 Å². The van der Waals surface area contributed by atoms with Crippen LogP contribution in [0.25, 0.3) is 0 Å². The van der Waals surface area contributed by atoms with Gasteiger partial charge in [0.15, 0.2) is 0 Å². The van der Waals surface area contributed by atoms with Gasteiger partial charge in [-0.2, -0.15) is 0 Å². The number of epoxide rings is 1. The average molecular weight is 430 g/mol. The van der Waals surface area contributed by atoms with E-state index in [0.29, 0.717) is 29.2 Å². The van der Waals surface area contributed by atoms with E-state index >= 15 is 0 Å². The van der Waals surface area contributed by atoms with Crippen molar-refractivity contribution in [2.24, 2.45) is 0 Å². The molecule has 1 aliphatic heterocycles. The Morgan fingerprint density at radius 1 is 0.906 bits per heavy atom. The third-order valence-electron chi connectivity index (χ3n) is 5.30. The van der Waals surface area contributed by atoms with Gasteiger partial charge in [0.05, 0.1) is 12.3 Å². The minimum Gasteiger partial charge on any atom is -0.491 e. The molecule has 0 aromatic heterocycles. The SMILES string of the molecule is CC(C)(C)c1cc(OCC2CO2)ccc1N(C(=O)c1ccccc1)C(=O)c1ccccc1. The minimum atomic E-state index is -0.370. The third kappa shape index (κ3) is 4.89. The van der Waals surface area contributed by atoms with Gasteiger partial charge in [-0.1, -0.05) is 57.2 Å². The number of anilines is 1. The van der Waals surface area contributed by atoms with Crippen LogP contribution in [0.5, 0.6) is 5.75 Å². The molecule has 3 aromatic carbocycles. The van der Waals surface area contributed by atoms with Crippen LogP contribution in [0.15, 0.2) is 78.9 Å². The predicted molar refractivity (Wildman–Crippen MR) is 124 cm³/mol. The molecule has 164 valence electrons. The lowest BCUT2D eigenvalue weighted by Crippen LogP contribution is -2.38. The van der Waals surface area contributed by atoms with Crippen molar-refractivity contribution >= 4 is 17.5 Å². The molecule has 0 N–H and O–H groups in total. The van der Waals surface area contributed by atoms with Gasteiger partial charge >= 0.3 is 0 Å². The molecule has 1 saturated heterocycles. The lowest BCUT2D eigenvalue weighted by Gasteiger charge is -2.30. The first kappa shape index (κ1) is 21.8. The highest BCUT2D eigenvalue weighted by atomic mass is 16.6. The number of hydrogen-bond acceptors (Lipinski definition) is 4. The maximum Gasteiger partial charge on any atom is 0.265 e. The Morgan fingerprint density at radius 2 is 1.44 bits per heavy atom. The number of benzene rings is 3. The summed E-state index contributed by atoms with van der Waals surface area (Å²) in [6.07, 6.45) is 0.142. The topological polar surface area (TPSA) is 59.1 Å². The van der Waals surface area contributed by atoms with Crippen LogP contribution < -0.4 is 9.64 Å². The zero-order valence-electron chi connectivity index (χ0n) is 18.6. The van der Waals surface area contributed by atoms with Crippen LogP contribution in [0.1, 0.15) is 47.1 Å². The average Bonchev–Trinajstić information content (AvgIpc) is 3.63. The first-order chi connectivity index (χ1) is 15.3. The van der Waals surface area contributed by atoms with Crippen LogP contribution in [-0.4, -0.2) is 31.1 Å². The summed E-state index contributed by atoms with van der Waals surface area (Å²) >= 11 is 0. The molecule has 1 atom stereocenters. The van der Waals surface area contributed by atoms with Crippen molar-refractivity contribution in [2.75, 3.05) is 18.1 Å². The molecular formula is C27H27NO4. The summed E-state index contributed by atoms with van der Waals surface area (Å²) in [5.74, 6) is -0.0524. The Labute approximate surface area is 188 Å². The van der Waals surface area contributed by atoms with Crippen LogP contribution in [0.4, 0.5) is 5.69 Å². The van der Waals surface area contributed by atoms with Gasteiger partial charge in [-0.15, -0.1) is 0 Å². The number of hydrogen-bond donors (Lipinski definition) is 0. The molecule has 0 saturated carbocycles. The Balaban J connectivity index is 1.80. The zero-order chi connectivity index (χ0) is 22.7. The number of carbonyl (C=O) groups excluding carboxylic acids is 2. The molecular weight excluding hydrogens is 402 g/mol. The Morgan fingerprint density at radius 3 is 1.91 bits per heavy atom. The van der Waals surface area contributed by atoms with Gasteiger partial charge in [-0.3, -0.25) is 9.59 Å². The second-order valence-electron chi connectivity index (χ2n) is 8.87. The van der Waals surface area contributed by atoms with Crippen LogP contribution in [0, 0.1) is 0 Å². The zero-order valence-corrected chi connectivity index (χ0v) is 18.6. The highest BCUT2D eigenvalue weighted by molar-refractivity contribution is 6.26. The number of ether oxygens (including phenoxy) is 2. The fourth-order valence-corrected chi connectivity index (χ4v) is 3.48. The van der Waals surface area contributed by atoms with Crippen molar-refractivity contribution < 1.29 is 19.1 Å². The van der Waals surface area contributed by atoms with E-state index in [9.17, 15) is 9.59 Å². The number of rotatable bonds is 6. The standard InChI is InChI=1S/C27H27NO4/c1-27(2,3)23-16-21(31-17-22-18-32-22)14-15-24(23)28(25(29)19-10-6-4-7-11-19)26(30)20-12-8-5-9-13-20/h4-16,22H,17-18H2,1-3H3. The van der Waals surface area contributed by atoms with E-state index in [2.05, 4.69) is 20.8 Å². The molecule has 0 aliphatic carbocycles. The van der Waals surface area contributed by atoms with Crippen molar-refractivity contribution in [2.45, 2.75) is 32.3 Å². The Bertz CT molecular complexity index is 1050. The van der Waals surface area contributed by atoms with Crippen molar-refractivity contribution in [3.63, 3.8) is 0 Å². The summed E-state index contributed by atoms with van der Waals surface area (Å²) in [6.45, 7) is 7.36. The second-order valence-corrected chi connectivity index (χ2v) is 8.87. The van der Waals surface area contributed by atoms with Gasteiger partial charge in [0.2, 0.25) is 0 Å². The molecule has 5 nitrogen and oxygen atoms in total. The lowest BCUT2D eigenvalue weighted by atomic mass is 9.85. The van der Waals surface area contributed by atoms with E-state index in [1.807, 2.05) is 18.2 Å².